The summed E-state index contributed by atoms with van der Waals surface area (Å²) in [6.45, 7) is 5.54. The number of carboxylic acid groups (broad SMARTS) is 1. The predicted octanol–water partition coefficient (Wildman–Crippen LogP) is 1.99. The normalized spacial score (nSPS) is 11.7. The molecule has 0 spiro atoms. The highest BCUT2D eigenvalue weighted by molar-refractivity contribution is 14.1. The van der Waals surface area contributed by atoms with Gasteiger partial charge in [0, 0.05) is 9.13 Å². The number of carbonyl (C=O) groups is 2. The van der Waals surface area contributed by atoms with Crippen molar-refractivity contribution in [2.75, 3.05) is 13.2 Å². The highest BCUT2D eigenvalue weighted by Gasteiger charge is 2.21. The van der Waals surface area contributed by atoms with Crippen LogP contribution in [0.1, 0.15) is 15.9 Å². The predicted molar refractivity (Wildman–Crippen MR) is 83.8 cm³/mol. The molecule has 0 bridgehead atoms. The number of carboxylic acids is 1. The van der Waals surface area contributed by atoms with E-state index in [1.54, 1.807) is 12.1 Å². The van der Waals surface area contributed by atoms with E-state index >= 15 is 0 Å². The van der Waals surface area contributed by atoms with Crippen molar-refractivity contribution in [1.29, 1.82) is 0 Å². The molecule has 6 heteroatoms. The Bertz CT molecular complexity index is 516. The van der Waals surface area contributed by atoms with Crippen LogP contribution in [-0.2, 0) is 9.53 Å². The second kappa shape index (κ2) is 8.01. The summed E-state index contributed by atoms with van der Waals surface area (Å²) in [6, 6.07) is 4.12. The Morgan fingerprint density at radius 1 is 1.55 bits per heavy atom. The summed E-state index contributed by atoms with van der Waals surface area (Å²) in [5.41, 5.74) is 1.49. The number of halogens is 1. The van der Waals surface area contributed by atoms with Crippen LogP contribution in [-0.4, -0.2) is 36.2 Å². The molecule has 20 heavy (non-hydrogen) atoms. The molecule has 0 saturated heterocycles. The van der Waals surface area contributed by atoms with E-state index in [2.05, 4.69) is 34.5 Å². The Balaban J connectivity index is 2.72. The quantitative estimate of drug-likeness (QED) is 0.425. The summed E-state index contributed by atoms with van der Waals surface area (Å²) in [4.78, 5) is 23.1. The fraction of sp³-hybridized carbons (Fsp3) is 0.286. The molecule has 0 fully saturated rings. The second-order valence-corrected chi connectivity index (χ2v) is 5.32. The maximum absolute atomic E-state index is 12.0. The molecule has 0 aliphatic heterocycles. The van der Waals surface area contributed by atoms with Gasteiger partial charge < -0.3 is 15.2 Å². The summed E-state index contributed by atoms with van der Waals surface area (Å²) in [6.07, 6.45) is 1.52. The molecule has 5 nitrogen and oxygen atoms in total. The smallest absolute Gasteiger partial charge is 0.328 e. The summed E-state index contributed by atoms with van der Waals surface area (Å²) in [5, 5.41) is 11.5. The zero-order chi connectivity index (χ0) is 15.1. The van der Waals surface area contributed by atoms with Crippen LogP contribution in [0.25, 0.3) is 0 Å². The van der Waals surface area contributed by atoms with Gasteiger partial charge in [0.25, 0.3) is 5.91 Å². The van der Waals surface area contributed by atoms with Crippen LogP contribution in [0.2, 0.25) is 0 Å². The van der Waals surface area contributed by atoms with Gasteiger partial charge in [0.2, 0.25) is 0 Å². The molecular formula is C14H16INO4. The van der Waals surface area contributed by atoms with E-state index < -0.39 is 17.9 Å². The summed E-state index contributed by atoms with van der Waals surface area (Å²) >= 11 is 2.13. The molecule has 1 atom stereocenters. The van der Waals surface area contributed by atoms with Crippen LogP contribution in [0.5, 0.6) is 0 Å². The summed E-state index contributed by atoms with van der Waals surface area (Å²) < 4.78 is 6.02. The van der Waals surface area contributed by atoms with Gasteiger partial charge in [-0.3, -0.25) is 4.79 Å². The van der Waals surface area contributed by atoms with Crippen molar-refractivity contribution in [3.8, 4) is 0 Å². The van der Waals surface area contributed by atoms with Crippen molar-refractivity contribution >= 4 is 34.5 Å². The molecule has 1 aromatic rings. The molecule has 1 amide bonds. The Hall–Kier alpha value is -1.41. The molecule has 1 unspecified atom stereocenters. The standard InChI is InChI=1S/C14H16INO4/c1-3-6-20-8-12(14(18)19)16-13(17)10-5-4-9(2)11(15)7-10/h3-5,7,12H,1,6,8H2,2H3,(H,16,17)(H,18,19). The number of aliphatic carboxylic acids is 1. The summed E-state index contributed by atoms with van der Waals surface area (Å²) in [5.74, 6) is -1.57. The minimum atomic E-state index is -1.13. The molecule has 1 rings (SSSR count). The SMILES string of the molecule is C=CCOCC(NC(=O)c1ccc(C)c(I)c1)C(=O)O. The molecule has 108 valence electrons. The lowest BCUT2D eigenvalue weighted by Crippen LogP contribution is -2.44. The number of ether oxygens (including phenoxy) is 1. The molecule has 0 radical (unpaired) electrons. The number of carbonyl (C=O) groups excluding carboxylic acids is 1. The molecule has 0 aliphatic rings. The Labute approximate surface area is 131 Å². The van der Waals surface area contributed by atoms with Crippen LogP contribution in [0, 0.1) is 10.5 Å². The fourth-order valence-corrected chi connectivity index (χ4v) is 1.93. The first kappa shape index (κ1) is 16.6. The van der Waals surface area contributed by atoms with E-state index in [4.69, 9.17) is 9.84 Å². The number of hydrogen-bond donors (Lipinski definition) is 2. The number of aryl methyl sites for hydroxylation is 1. The van der Waals surface area contributed by atoms with Crippen LogP contribution in [0.4, 0.5) is 0 Å². The highest BCUT2D eigenvalue weighted by Crippen LogP contribution is 2.13. The van der Waals surface area contributed by atoms with Crippen molar-refractivity contribution in [2.45, 2.75) is 13.0 Å². The van der Waals surface area contributed by atoms with Crippen LogP contribution in [0.15, 0.2) is 30.9 Å². The van der Waals surface area contributed by atoms with Gasteiger partial charge in [-0.05, 0) is 47.2 Å². The molecule has 0 saturated carbocycles. The lowest BCUT2D eigenvalue weighted by Gasteiger charge is -2.14. The van der Waals surface area contributed by atoms with Crippen molar-refractivity contribution < 1.29 is 19.4 Å². The van der Waals surface area contributed by atoms with Gasteiger partial charge in [-0.1, -0.05) is 12.1 Å². The third-order valence-corrected chi connectivity index (χ3v) is 3.72. The average molecular weight is 389 g/mol. The zero-order valence-corrected chi connectivity index (χ0v) is 13.2. The van der Waals surface area contributed by atoms with Gasteiger partial charge >= 0.3 is 5.97 Å². The number of hydrogen-bond acceptors (Lipinski definition) is 3. The number of benzene rings is 1. The van der Waals surface area contributed by atoms with Crippen molar-refractivity contribution in [1.82, 2.24) is 5.32 Å². The van der Waals surface area contributed by atoms with E-state index in [1.165, 1.54) is 6.08 Å². The van der Waals surface area contributed by atoms with E-state index in [0.717, 1.165) is 9.13 Å². The second-order valence-electron chi connectivity index (χ2n) is 4.15. The Morgan fingerprint density at radius 2 is 2.25 bits per heavy atom. The third kappa shape index (κ3) is 4.93. The molecule has 0 aliphatic carbocycles. The maximum Gasteiger partial charge on any atom is 0.328 e. The van der Waals surface area contributed by atoms with E-state index in [9.17, 15) is 9.59 Å². The molecule has 0 heterocycles. The number of rotatable bonds is 7. The first-order valence-electron chi connectivity index (χ1n) is 5.94. The Morgan fingerprint density at radius 3 is 2.80 bits per heavy atom. The molecule has 2 N–H and O–H groups in total. The van der Waals surface area contributed by atoms with Gasteiger partial charge in [0.15, 0.2) is 6.04 Å². The zero-order valence-electron chi connectivity index (χ0n) is 11.1. The monoisotopic (exact) mass is 389 g/mol. The molecule has 1 aromatic carbocycles. The topological polar surface area (TPSA) is 75.6 Å². The van der Waals surface area contributed by atoms with Gasteiger partial charge in [-0.15, -0.1) is 6.58 Å². The van der Waals surface area contributed by atoms with E-state index in [0.29, 0.717) is 5.56 Å². The third-order valence-electron chi connectivity index (χ3n) is 2.56. The lowest BCUT2D eigenvalue weighted by atomic mass is 10.1. The van der Waals surface area contributed by atoms with Crippen molar-refractivity contribution in [3.63, 3.8) is 0 Å². The van der Waals surface area contributed by atoms with E-state index in [-0.39, 0.29) is 13.2 Å². The summed E-state index contributed by atoms with van der Waals surface area (Å²) in [7, 11) is 0. The molecule has 0 aromatic heterocycles. The minimum absolute atomic E-state index is 0.101. The van der Waals surface area contributed by atoms with Gasteiger partial charge in [0.05, 0.1) is 13.2 Å². The maximum atomic E-state index is 12.0. The number of amides is 1. The van der Waals surface area contributed by atoms with Crippen molar-refractivity contribution in [3.05, 3.63) is 45.6 Å². The highest BCUT2D eigenvalue weighted by atomic mass is 127. The van der Waals surface area contributed by atoms with Crippen LogP contribution < -0.4 is 5.32 Å². The van der Waals surface area contributed by atoms with Crippen LogP contribution >= 0.6 is 22.6 Å². The minimum Gasteiger partial charge on any atom is -0.480 e. The number of nitrogens with one attached hydrogen (secondary N) is 1. The average Bonchev–Trinajstić information content (AvgIpc) is 2.40. The fourth-order valence-electron chi connectivity index (χ4n) is 1.42. The molecular weight excluding hydrogens is 373 g/mol. The largest absolute Gasteiger partial charge is 0.480 e. The Kier molecular flexibility index (Phi) is 6.66. The van der Waals surface area contributed by atoms with Gasteiger partial charge in [-0.2, -0.15) is 0 Å². The van der Waals surface area contributed by atoms with Crippen molar-refractivity contribution in [2.24, 2.45) is 0 Å². The van der Waals surface area contributed by atoms with Gasteiger partial charge in [-0.25, -0.2) is 4.79 Å². The first-order chi connectivity index (χ1) is 9.45. The lowest BCUT2D eigenvalue weighted by molar-refractivity contribution is -0.140. The van der Waals surface area contributed by atoms with Gasteiger partial charge in [0.1, 0.15) is 0 Å². The van der Waals surface area contributed by atoms with Crippen LogP contribution in [0.3, 0.4) is 0 Å². The first-order valence-corrected chi connectivity index (χ1v) is 7.02. The van der Waals surface area contributed by atoms with E-state index in [1.807, 2.05) is 13.0 Å².